The van der Waals surface area contributed by atoms with Gasteiger partial charge in [-0.25, -0.2) is 8.78 Å². The van der Waals surface area contributed by atoms with Crippen molar-refractivity contribution in [3.8, 4) is 5.75 Å². The van der Waals surface area contributed by atoms with Crippen molar-refractivity contribution >= 4 is 16.5 Å². The molecular formula is C17H13F2NO. The predicted octanol–water partition coefficient (Wildman–Crippen LogP) is 4.44. The largest absolute Gasteiger partial charge is 0.507 e. The summed E-state index contributed by atoms with van der Waals surface area (Å²) in [5, 5.41) is 14.3. The molecule has 0 saturated heterocycles. The van der Waals surface area contributed by atoms with E-state index in [4.69, 9.17) is 0 Å². The van der Waals surface area contributed by atoms with E-state index in [1.54, 1.807) is 30.3 Å². The Hall–Kier alpha value is -2.62. The highest BCUT2D eigenvalue weighted by molar-refractivity contribution is 5.97. The number of aromatic hydroxyl groups is 1. The molecule has 0 aliphatic heterocycles. The number of benzene rings is 3. The van der Waals surface area contributed by atoms with Gasteiger partial charge in [-0.2, -0.15) is 0 Å². The lowest BCUT2D eigenvalue weighted by molar-refractivity contribution is 0.481. The molecule has 0 bridgehead atoms. The molecule has 3 rings (SSSR count). The molecule has 2 N–H and O–H groups in total. The Morgan fingerprint density at radius 2 is 1.43 bits per heavy atom. The van der Waals surface area contributed by atoms with E-state index in [0.29, 0.717) is 11.1 Å². The van der Waals surface area contributed by atoms with Gasteiger partial charge in [0.25, 0.3) is 0 Å². The SMILES string of the molecule is Oc1cccc2c(NCc3c(F)cccc3F)cccc12. The summed E-state index contributed by atoms with van der Waals surface area (Å²) in [5.41, 5.74) is 0.709. The highest BCUT2D eigenvalue weighted by Crippen LogP contribution is 2.30. The van der Waals surface area contributed by atoms with Crippen LogP contribution in [-0.2, 0) is 6.54 Å². The molecule has 3 aromatic rings. The van der Waals surface area contributed by atoms with Crippen LogP contribution < -0.4 is 5.32 Å². The molecule has 0 amide bonds. The highest BCUT2D eigenvalue weighted by Gasteiger charge is 2.09. The first-order valence-corrected chi connectivity index (χ1v) is 6.54. The Morgan fingerprint density at radius 1 is 0.810 bits per heavy atom. The third-order valence-electron chi connectivity index (χ3n) is 3.42. The van der Waals surface area contributed by atoms with Gasteiger partial charge >= 0.3 is 0 Å². The fraction of sp³-hybridized carbons (Fsp3) is 0.0588. The first-order chi connectivity index (χ1) is 10.2. The standard InChI is InChI=1S/C17H13F2NO/c18-14-6-3-7-15(19)13(14)10-20-16-8-1-5-12-11(16)4-2-9-17(12)21/h1-9,20-21H,10H2. The third-order valence-corrected chi connectivity index (χ3v) is 3.42. The Balaban J connectivity index is 1.94. The topological polar surface area (TPSA) is 32.3 Å². The number of phenolic OH excluding ortho intramolecular Hbond substituents is 1. The van der Waals surface area contributed by atoms with E-state index in [-0.39, 0.29) is 17.9 Å². The molecule has 2 nitrogen and oxygen atoms in total. The number of phenols is 1. The van der Waals surface area contributed by atoms with Crippen LogP contribution in [0, 0.1) is 11.6 Å². The van der Waals surface area contributed by atoms with Gasteiger partial charge in [0.15, 0.2) is 0 Å². The fourth-order valence-electron chi connectivity index (χ4n) is 2.33. The Bertz CT molecular complexity index is 782. The molecule has 0 aliphatic rings. The van der Waals surface area contributed by atoms with E-state index in [0.717, 1.165) is 5.39 Å². The molecule has 0 spiro atoms. The number of rotatable bonds is 3. The lowest BCUT2D eigenvalue weighted by Crippen LogP contribution is -2.04. The molecule has 0 fully saturated rings. The molecular weight excluding hydrogens is 272 g/mol. The lowest BCUT2D eigenvalue weighted by Gasteiger charge is -2.11. The molecule has 0 aromatic heterocycles. The molecule has 0 saturated carbocycles. The van der Waals surface area contributed by atoms with Crippen molar-refractivity contribution in [3.05, 3.63) is 71.8 Å². The molecule has 0 aliphatic carbocycles. The number of hydrogen-bond acceptors (Lipinski definition) is 2. The Labute approximate surface area is 120 Å². The Kier molecular flexibility index (Phi) is 3.44. The van der Waals surface area contributed by atoms with Crippen LogP contribution in [0.15, 0.2) is 54.6 Å². The monoisotopic (exact) mass is 285 g/mol. The Morgan fingerprint density at radius 3 is 2.19 bits per heavy atom. The summed E-state index contributed by atoms with van der Waals surface area (Å²) in [4.78, 5) is 0. The summed E-state index contributed by atoms with van der Waals surface area (Å²) in [6.45, 7) is 0.0350. The maximum atomic E-state index is 13.6. The summed E-state index contributed by atoms with van der Waals surface area (Å²) < 4.78 is 27.2. The minimum absolute atomic E-state index is 0.00495. The number of hydrogen-bond donors (Lipinski definition) is 2. The molecule has 0 heterocycles. The van der Waals surface area contributed by atoms with Gasteiger partial charge in [-0.3, -0.25) is 0 Å². The van der Waals surface area contributed by atoms with E-state index in [2.05, 4.69) is 5.32 Å². The maximum absolute atomic E-state index is 13.6. The number of nitrogens with one attached hydrogen (secondary N) is 1. The average molecular weight is 285 g/mol. The van der Waals surface area contributed by atoms with Crippen LogP contribution >= 0.6 is 0 Å². The van der Waals surface area contributed by atoms with Crippen molar-refractivity contribution in [2.45, 2.75) is 6.54 Å². The smallest absolute Gasteiger partial charge is 0.131 e. The zero-order valence-corrected chi connectivity index (χ0v) is 11.1. The van der Waals surface area contributed by atoms with Crippen molar-refractivity contribution in [1.82, 2.24) is 0 Å². The van der Waals surface area contributed by atoms with Crippen LogP contribution in [0.4, 0.5) is 14.5 Å². The molecule has 3 aromatic carbocycles. The second-order valence-electron chi connectivity index (χ2n) is 4.73. The van der Waals surface area contributed by atoms with Crippen molar-refractivity contribution in [1.29, 1.82) is 0 Å². The van der Waals surface area contributed by atoms with E-state index in [1.807, 2.05) is 6.07 Å². The first-order valence-electron chi connectivity index (χ1n) is 6.54. The minimum atomic E-state index is -0.578. The second-order valence-corrected chi connectivity index (χ2v) is 4.73. The van der Waals surface area contributed by atoms with Crippen LogP contribution in [0.25, 0.3) is 10.8 Å². The van der Waals surface area contributed by atoms with Gasteiger partial charge in [-0.1, -0.05) is 30.3 Å². The van der Waals surface area contributed by atoms with E-state index in [9.17, 15) is 13.9 Å². The van der Waals surface area contributed by atoms with Crippen molar-refractivity contribution in [3.63, 3.8) is 0 Å². The third kappa shape index (κ3) is 2.52. The van der Waals surface area contributed by atoms with Gasteiger partial charge in [-0.05, 0) is 24.3 Å². The van der Waals surface area contributed by atoms with Gasteiger partial charge in [-0.15, -0.1) is 0 Å². The van der Waals surface area contributed by atoms with Crippen LogP contribution in [-0.4, -0.2) is 5.11 Å². The molecule has 0 radical (unpaired) electrons. The molecule has 21 heavy (non-hydrogen) atoms. The van der Waals surface area contributed by atoms with Gasteiger partial charge in [0.05, 0.1) is 0 Å². The fourth-order valence-corrected chi connectivity index (χ4v) is 2.33. The summed E-state index contributed by atoms with van der Waals surface area (Å²) in [6, 6.07) is 14.3. The summed E-state index contributed by atoms with van der Waals surface area (Å²) >= 11 is 0. The van der Waals surface area contributed by atoms with Crippen molar-refractivity contribution in [2.24, 2.45) is 0 Å². The first kappa shape index (κ1) is 13.4. The predicted molar refractivity (Wildman–Crippen MR) is 79.3 cm³/mol. The molecule has 0 atom stereocenters. The van der Waals surface area contributed by atoms with Crippen molar-refractivity contribution in [2.75, 3.05) is 5.32 Å². The highest BCUT2D eigenvalue weighted by atomic mass is 19.1. The number of anilines is 1. The molecule has 4 heteroatoms. The van der Waals surface area contributed by atoms with Crippen molar-refractivity contribution < 1.29 is 13.9 Å². The van der Waals surface area contributed by atoms with E-state index in [1.165, 1.54) is 18.2 Å². The zero-order chi connectivity index (χ0) is 14.8. The summed E-state index contributed by atoms with van der Waals surface area (Å²) in [7, 11) is 0. The molecule has 106 valence electrons. The zero-order valence-electron chi connectivity index (χ0n) is 11.1. The van der Waals surface area contributed by atoms with Crippen LogP contribution in [0.1, 0.15) is 5.56 Å². The van der Waals surface area contributed by atoms with Gasteiger partial charge < -0.3 is 10.4 Å². The normalized spacial score (nSPS) is 10.8. The van der Waals surface area contributed by atoms with Crippen LogP contribution in [0.3, 0.4) is 0 Å². The summed E-state index contributed by atoms with van der Waals surface area (Å²) in [5.74, 6) is -0.982. The van der Waals surface area contributed by atoms with Gasteiger partial charge in [0.2, 0.25) is 0 Å². The van der Waals surface area contributed by atoms with E-state index < -0.39 is 11.6 Å². The van der Waals surface area contributed by atoms with Crippen LogP contribution in [0.5, 0.6) is 5.75 Å². The minimum Gasteiger partial charge on any atom is -0.507 e. The van der Waals surface area contributed by atoms with E-state index >= 15 is 0 Å². The number of halogens is 2. The van der Waals surface area contributed by atoms with Gasteiger partial charge in [0.1, 0.15) is 17.4 Å². The van der Waals surface area contributed by atoms with Crippen LogP contribution in [0.2, 0.25) is 0 Å². The quantitative estimate of drug-likeness (QED) is 0.746. The second kappa shape index (κ2) is 5.40. The summed E-state index contributed by atoms with van der Waals surface area (Å²) in [6.07, 6.45) is 0. The lowest BCUT2D eigenvalue weighted by atomic mass is 10.1. The maximum Gasteiger partial charge on any atom is 0.131 e. The average Bonchev–Trinajstić information content (AvgIpc) is 2.47. The molecule has 0 unspecified atom stereocenters. The number of fused-ring (bicyclic) bond motifs is 1. The van der Waals surface area contributed by atoms with Gasteiger partial charge in [0, 0.05) is 28.6 Å².